The lowest BCUT2D eigenvalue weighted by Gasteiger charge is -2.25. The highest BCUT2D eigenvalue weighted by atomic mass is 35.5. The minimum absolute atomic E-state index is 0.0650. The van der Waals surface area contributed by atoms with E-state index in [1.54, 1.807) is 31.2 Å². The lowest BCUT2D eigenvalue weighted by atomic mass is 10.1. The third kappa shape index (κ3) is 4.89. The summed E-state index contributed by atoms with van der Waals surface area (Å²) in [4.78, 5) is 12.9. The van der Waals surface area contributed by atoms with Gasteiger partial charge in [-0.25, -0.2) is 8.42 Å². The van der Waals surface area contributed by atoms with Gasteiger partial charge in [0.05, 0.1) is 18.5 Å². The zero-order valence-corrected chi connectivity index (χ0v) is 20.0. The van der Waals surface area contributed by atoms with Crippen LogP contribution in [0.1, 0.15) is 22.6 Å². The van der Waals surface area contributed by atoms with E-state index < -0.39 is 22.5 Å². The summed E-state index contributed by atoms with van der Waals surface area (Å²) in [6.07, 6.45) is 0. The molecule has 2 aromatic carbocycles. The number of amides is 1. The van der Waals surface area contributed by atoms with Gasteiger partial charge in [0.1, 0.15) is 18.0 Å². The molecule has 10 heteroatoms. The number of hydrogen-bond donors (Lipinski definition) is 1. The summed E-state index contributed by atoms with van der Waals surface area (Å²) in [5.74, 6) is -0.0249. The normalized spacial score (nSPS) is 11.3. The molecule has 0 fully saturated rings. The summed E-state index contributed by atoms with van der Waals surface area (Å²) in [6.45, 7) is 6.29. The van der Waals surface area contributed by atoms with Gasteiger partial charge in [0, 0.05) is 5.02 Å². The quantitative estimate of drug-likeness (QED) is 0.541. The van der Waals surface area contributed by atoms with Crippen LogP contribution in [0.5, 0.6) is 5.75 Å². The predicted octanol–water partition coefficient (Wildman–Crippen LogP) is 4.40. The first-order chi connectivity index (χ1) is 15.0. The lowest BCUT2D eigenvalue weighted by Crippen LogP contribution is -2.38. The van der Waals surface area contributed by atoms with Crippen molar-refractivity contribution in [2.75, 3.05) is 23.3 Å². The van der Waals surface area contributed by atoms with Crippen molar-refractivity contribution in [3.63, 3.8) is 0 Å². The Balaban J connectivity index is 2.04. The van der Waals surface area contributed by atoms with Crippen molar-refractivity contribution in [2.24, 2.45) is 0 Å². The summed E-state index contributed by atoms with van der Waals surface area (Å²) >= 11 is 6.04. The number of anilines is 2. The van der Waals surface area contributed by atoms with E-state index in [0.29, 0.717) is 22.1 Å². The molecule has 0 aliphatic rings. The van der Waals surface area contributed by atoms with E-state index in [-0.39, 0.29) is 16.3 Å². The first-order valence-corrected chi connectivity index (χ1v) is 11.5. The summed E-state index contributed by atoms with van der Waals surface area (Å²) in [5, 5.41) is 6.84. The second-order valence-corrected chi connectivity index (χ2v) is 9.64. The molecule has 3 aromatic rings. The van der Waals surface area contributed by atoms with E-state index in [0.717, 1.165) is 15.4 Å². The molecule has 1 aromatic heterocycles. The van der Waals surface area contributed by atoms with Gasteiger partial charge < -0.3 is 14.6 Å². The van der Waals surface area contributed by atoms with Crippen molar-refractivity contribution in [1.82, 2.24) is 5.16 Å². The molecule has 0 saturated carbocycles. The van der Waals surface area contributed by atoms with Crippen LogP contribution in [0.2, 0.25) is 5.02 Å². The van der Waals surface area contributed by atoms with Gasteiger partial charge in [-0.1, -0.05) is 22.8 Å². The number of methoxy groups -OCH3 is 1. The number of aromatic nitrogens is 1. The van der Waals surface area contributed by atoms with Crippen LogP contribution in [-0.2, 0) is 14.8 Å². The second kappa shape index (κ2) is 9.22. The van der Waals surface area contributed by atoms with Gasteiger partial charge in [-0.3, -0.25) is 9.10 Å². The molecule has 170 valence electrons. The van der Waals surface area contributed by atoms with Crippen LogP contribution in [-0.4, -0.2) is 33.1 Å². The van der Waals surface area contributed by atoms with Gasteiger partial charge in [-0.05, 0) is 69.2 Å². The SMILES string of the molecule is COc1ccc(Cl)cc1NC(=O)CN(c1cc(C)cc(C)c1)S(=O)(=O)c1c(C)noc1C. The fourth-order valence-electron chi connectivity index (χ4n) is 3.46. The maximum Gasteiger partial charge on any atom is 0.270 e. The highest BCUT2D eigenvalue weighted by Gasteiger charge is 2.33. The molecule has 0 spiro atoms. The fraction of sp³-hybridized carbons (Fsp3) is 0.273. The van der Waals surface area contributed by atoms with E-state index in [1.807, 2.05) is 19.9 Å². The van der Waals surface area contributed by atoms with Crippen LogP contribution in [0, 0.1) is 27.7 Å². The molecule has 1 N–H and O–H groups in total. The van der Waals surface area contributed by atoms with Crippen molar-refractivity contribution < 1.29 is 22.5 Å². The maximum atomic E-state index is 13.6. The number of carbonyl (C=O) groups is 1. The predicted molar refractivity (Wildman–Crippen MR) is 123 cm³/mol. The average molecular weight is 478 g/mol. The highest BCUT2D eigenvalue weighted by molar-refractivity contribution is 7.93. The van der Waals surface area contributed by atoms with Gasteiger partial charge in [-0.2, -0.15) is 0 Å². The summed E-state index contributed by atoms with van der Waals surface area (Å²) in [6, 6.07) is 10.1. The standard InChI is InChI=1S/C22H24ClN3O5S/c1-13-8-14(2)10-18(9-13)26(32(28,29)22-15(3)25-31-16(22)4)12-21(27)24-19-11-17(23)6-7-20(19)30-5/h6-11H,12H2,1-5H3,(H,24,27). The topological polar surface area (TPSA) is 102 Å². The summed E-state index contributed by atoms with van der Waals surface area (Å²) in [5.41, 5.74) is 2.62. The van der Waals surface area contributed by atoms with Crippen LogP contribution in [0.15, 0.2) is 45.8 Å². The Morgan fingerprint density at radius 1 is 1.12 bits per heavy atom. The Kier molecular flexibility index (Phi) is 6.80. The largest absolute Gasteiger partial charge is 0.495 e. The maximum absolute atomic E-state index is 13.6. The second-order valence-electron chi connectivity index (χ2n) is 7.40. The van der Waals surface area contributed by atoms with Crippen molar-refractivity contribution in [3.05, 3.63) is 64.0 Å². The third-order valence-corrected chi connectivity index (χ3v) is 6.99. The molecule has 3 rings (SSSR count). The zero-order valence-electron chi connectivity index (χ0n) is 18.4. The molecule has 0 saturated heterocycles. The fourth-order valence-corrected chi connectivity index (χ4v) is 5.33. The van der Waals surface area contributed by atoms with Crippen molar-refractivity contribution in [2.45, 2.75) is 32.6 Å². The molecule has 0 unspecified atom stereocenters. The molecule has 1 amide bonds. The molecule has 0 bridgehead atoms. The molecule has 0 atom stereocenters. The molecule has 0 radical (unpaired) electrons. The molecular formula is C22H24ClN3O5S. The smallest absolute Gasteiger partial charge is 0.270 e. The monoisotopic (exact) mass is 477 g/mol. The van der Waals surface area contributed by atoms with Crippen LogP contribution in [0.3, 0.4) is 0 Å². The van der Waals surface area contributed by atoms with E-state index in [4.69, 9.17) is 20.9 Å². The van der Waals surface area contributed by atoms with Crippen LogP contribution < -0.4 is 14.4 Å². The van der Waals surface area contributed by atoms with Gasteiger partial charge in [0.2, 0.25) is 5.91 Å². The van der Waals surface area contributed by atoms with Crippen molar-refractivity contribution in [3.8, 4) is 5.75 Å². The Morgan fingerprint density at radius 3 is 2.34 bits per heavy atom. The van der Waals surface area contributed by atoms with E-state index in [2.05, 4.69) is 10.5 Å². The van der Waals surface area contributed by atoms with Crippen molar-refractivity contribution in [1.29, 1.82) is 0 Å². The molecule has 1 heterocycles. The molecular weight excluding hydrogens is 454 g/mol. The highest BCUT2D eigenvalue weighted by Crippen LogP contribution is 2.31. The van der Waals surface area contributed by atoms with Gasteiger partial charge in [-0.15, -0.1) is 0 Å². The number of halogens is 1. The van der Waals surface area contributed by atoms with E-state index in [1.165, 1.54) is 20.1 Å². The first-order valence-electron chi connectivity index (χ1n) is 9.70. The third-order valence-electron chi connectivity index (χ3n) is 4.73. The number of rotatable bonds is 7. The van der Waals surface area contributed by atoms with Gasteiger partial charge in [0.15, 0.2) is 10.7 Å². The first kappa shape index (κ1) is 23.6. The summed E-state index contributed by atoms with van der Waals surface area (Å²) < 4.78 is 38.6. The number of benzene rings is 2. The Bertz CT molecular complexity index is 1230. The Labute approximate surface area is 192 Å². The zero-order chi connectivity index (χ0) is 23.6. The molecule has 0 aliphatic heterocycles. The number of aryl methyl sites for hydroxylation is 4. The number of nitrogens with zero attached hydrogens (tertiary/aromatic N) is 2. The van der Waals surface area contributed by atoms with Crippen molar-refractivity contribution >= 4 is 38.9 Å². The average Bonchev–Trinajstić information content (AvgIpc) is 3.04. The Morgan fingerprint density at radius 2 is 1.78 bits per heavy atom. The van der Waals surface area contributed by atoms with Crippen LogP contribution >= 0.6 is 11.6 Å². The number of sulfonamides is 1. The minimum atomic E-state index is -4.16. The molecule has 8 nitrogen and oxygen atoms in total. The molecule has 0 aliphatic carbocycles. The van der Waals surface area contributed by atoms with Gasteiger partial charge in [0.25, 0.3) is 10.0 Å². The van der Waals surface area contributed by atoms with Crippen LogP contribution in [0.4, 0.5) is 11.4 Å². The molecule has 32 heavy (non-hydrogen) atoms. The lowest BCUT2D eigenvalue weighted by molar-refractivity contribution is -0.114. The van der Waals surface area contributed by atoms with Gasteiger partial charge >= 0.3 is 0 Å². The minimum Gasteiger partial charge on any atom is -0.495 e. The number of nitrogens with one attached hydrogen (secondary N) is 1. The van der Waals surface area contributed by atoms with E-state index in [9.17, 15) is 13.2 Å². The van der Waals surface area contributed by atoms with Crippen LogP contribution in [0.25, 0.3) is 0 Å². The number of hydrogen-bond acceptors (Lipinski definition) is 6. The Hall–Kier alpha value is -3.04. The number of ether oxygens (including phenoxy) is 1. The van der Waals surface area contributed by atoms with E-state index >= 15 is 0 Å². The summed E-state index contributed by atoms with van der Waals surface area (Å²) in [7, 11) is -2.70. The number of carbonyl (C=O) groups excluding carboxylic acids is 1.